The van der Waals surface area contributed by atoms with Crippen LogP contribution in [-0.2, 0) is 0 Å². The SMILES string of the molecule is O=C1NCCN1C(=O)N1CCN(c2ccc(F)cc2)CC1. The third-order valence-electron chi connectivity index (χ3n) is 3.83. The van der Waals surface area contributed by atoms with Crippen molar-refractivity contribution in [2.45, 2.75) is 0 Å². The van der Waals surface area contributed by atoms with Gasteiger partial charge in [0.25, 0.3) is 0 Å². The number of piperazine rings is 1. The Bertz CT molecular complexity index is 540. The van der Waals surface area contributed by atoms with Crippen molar-refractivity contribution in [2.24, 2.45) is 0 Å². The van der Waals surface area contributed by atoms with Gasteiger partial charge in [-0.25, -0.2) is 18.9 Å². The Kier molecular flexibility index (Phi) is 3.64. The molecule has 7 heteroatoms. The maximum Gasteiger partial charge on any atom is 0.328 e. The molecule has 21 heavy (non-hydrogen) atoms. The van der Waals surface area contributed by atoms with Crippen molar-refractivity contribution >= 4 is 17.7 Å². The zero-order valence-electron chi connectivity index (χ0n) is 11.6. The predicted molar refractivity (Wildman–Crippen MR) is 75.7 cm³/mol. The number of anilines is 1. The molecule has 0 aromatic heterocycles. The molecule has 0 atom stereocenters. The molecule has 1 aromatic rings. The number of carbonyl (C=O) groups excluding carboxylic acids is 2. The molecule has 2 aliphatic rings. The van der Waals surface area contributed by atoms with E-state index < -0.39 is 0 Å². The van der Waals surface area contributed by atoms with E-state index in [0.717, 1.165) is 5.69 Å². The number of amides is 4. The number of benzene rings is 1. The van der Waals surface area contributed by atoms with Gasteiger partial charge in [0.2, 0.25) is 0 Å². The lowest BCUT2D eigenvalue weighted by Gasteiger charge is -2.37. The van der Waals surface area contributed by atoms with Gasteiger partial charge in [-0.2, -0.15) is 0 Å². The van der Waals surface area contributed by atoms with E-state index in [1.54, 1.807) is 17.0 Å². The zero-order chi connectivity index (χ0) is 14.8. The van der Waals surface area contributed by atoms with E-state index in [9.17, 15) is 14.0 Å². The summed E-state index contributed by atoms with van der Waals surface area (Å²) in [5.41, 5.74) is 0.947. The molecule has 0 bridgehead atoms. The van der Waals surface area contributed by atoms with Crippen LogP contribution in [0.4, 0.5) is 19.7 Å². The molecular weight excluding hydrogens is 275 g/mol. The Labute approximate surface area is 122 Å². The highest BCUT2D eigenvalue weighted by atomic mass is 19.1. The molecule has 2 aliphatic heterocycles. The van der Waals surface area contributed by atoms with Crippen LogP contribution in [0.25, 0.3) is 0 Å². The first-order valence-corrected chi connectivity index (χ1v) is 7.00. The number of halogens is 1. The number of hydrogen-bond donors (Lipinski definition) is 1. The highest BCUT2D eigenvalue weighted by Gasteiger charge is 2.31. The fourth-order valence-electron chi connectivity index (χ4n) is 2.63. The highest BCUT2D eigenvalue weighted by molar-refractivity contribution is 5.95. The summed E-state index contributed by atoms with van der Waals surface area (Å²) < 4.78 is 12.9. The van der Waals surface area contributed by atoms with Crippen LogP contribution in [0.5, 0.6) is 0 Å². The maximum atomic E-state index is 12.9. The number of imide groups is 1. The van der Waals surface area contributed by atoms with Crippen molar-refractivity contribution in [2.75, 3.05) is 44.2 Å². The van der Waals surface area contributed by atoms with Gasteiger partial charge in [-0.15, -0.1) is 0 Å². The van der Waals surface area contributed by atoms with Crippen molar-refractivity contribution in [1.29, 1.82) is 0 Å². The molecule has 0 spiro atoms. The summed E-state index contributed by atoms with van der Waals surface area (Å²) in [4.78, 5) is 28.8. The first-order valence-electron chi connectivity index (χ1n) is 7.00. The fourth-order valence-corrected chi connectivity index (χ4v) is 2.63. The van der Waals surface area contributed by atoms with Gasteiger partial charge in [-0.05, 0) is 24.3 Å². The number of nitrogens with zero attached hydrogens (tertiary/aromatic N) is 3. The normalized spacial score (nSPS) is 18.9. The molecule has 3 rings (SSSR count). The summed E-state index contributed by atoms with van der Waals surface area (Å²) in [6.07, 6.45) is 0. The smallest absolute Gasteiger partial charge is 0.328 e. The minimum absolute atomic E-state index is 0.233. The van der Waals surface area contributed by atoms with E-state index in [2.05, 4.69) is 10.2 Å². The third kappa shape index (κ3) is 2.76. The summed E-state index contributed by atoms with van der Waals surface area (Å²) in [6, 6.07) is 5.79. The molecule has 0 saturated carbocycles. The van der Waals surface area contributed by atoms with Gasteiger partial charge in [0.15, 0.2) is 0 Å². The van der Waals surface area contributed by atoms with Crippen molar-refractivity contribution in [1.82, 2.24) is 15.1 Å². The molecule has 2 fully saturated rings. The Morgan fingerprint density at radius 1 is 1.05 bits per heavy atom. The lowest BCUT2D eigenvalue weighted by atomic mass is 10.2. The standard InChI is InChI=1S/C14H17FN4O2/c15-11-1-3-12(4-2-11)17-7-9-18(10-8-17)14(21)19-6-5-16-13(19)20/h1-4H,5-10H2,(H,16,20). The number of hydrogen-bond acceptors (Lipinski definition) is 3. The average Bonchev–Trinajstić information content (AvgIpc) is 2.94. The van der Waals surface area contributed by atoms with Gasteiger partial charge in [0, 0.05) is 45.0 Å². The predicted octanol–water partition coefficient (Wildman–Crippen LogP) is 1.09. The lowest BCUT2D eigenvalue weighted by molar-refractivity contribution is 0.161. The summed E-state index contributed by atoms with van der Waals surface area (Å²) in [5, 5.41) is 2.62. The number of nitrogens with one attached hydrogen (secondary N) is 1. The van der Waals surface area contributed by atoms with Crippen LogP contribution in [0, 0.1) is 5.82 Å². The number of urea groups is 2. The molecule has 6 nitrogen and oxygen atoms in total. The second-order valence-corrected chi connectivity index (χ2v) is 5.12. The molecule has 1 aromatic carbocycles. The first kappa shape index (κ1) is 13.7. The summed E-state index contributed by atoms with van der Waals surface area (Å²) in [6.45, 7) is 3.40. The molecule has 0 unspecified atom stereocenters. The van der Waals surface area contributed by atoms with Crippen molar-refractivity contribution in [3.05, 3.63) is 30.1 Å². The van der Waals surface area contributed by atoms with Gasteiger partial charge in [-0.3, -0.25) is 0 Å². The minimum atomic E-state index is -0.319. The van der Waals surface area contributed by atoms with Crippen LogP contribution < -0.4 is 10.2 Å². The fraction of sp³-hybridized carbons (Fsp3) is 0.429. The van der Waals surface area contributed by atoms with Gasteiger partial charge in [0.1, 0.15) is 5.82 Å². The molecule has 4 amide bonds. The second-order valence-electron chi connectivity index (χ2n) is 5.12. The van der Waals surface area contributed by atoms with Gasteiger partial charge < -0.3 is 15.1 Å². The van der Waals surface area contributed by atoms with Crippen LogP contribution in [0.3, 0.4) is 0 Å². The topological polar surface area (TPSA) is 55.9 Å². The van der Waals surface area contributed by atoms with Crippen LogP contribution in [-0.4, -0.2) is 61.1 Å². The van der Waals surface area contributed by atoms with E-state index in [0.29, 0.717) is 39.3 Å². The largest absolute Gasteiger partial charge is 0.368 e. The molecular formula is C14H17FN4O2. The first-order chi connectivity index (χ1) is 10.1. The molecule has 2 heterocycles. The van der Waals surface area contributed by atoms with E-state index in [1.165, 1.54) is 17.0 Å². The van der Waals surface area contributed by atoms with E-state index in [-0.39, 0.29) is 17.9 Å². The second kappa shape index (κ2) is 5.59. The lowest BCUT2D eigenvalue weighted by Crippen LogP contribution is -2.53. The Hall–Kier alpha value is -2.31. The monoisotopic (exact) mass is 292 g/mol. The molecule has 1 N–H and O–H groups in total. The van der Waals surface area contributed by atoms with E-state index >= 15 is 0 Å². The Balaban J connectivity index is 1.58. The van der Waals surface area contributed by atoms with Gasteiger partial charge in [-0.1, -0.05) is 0 Å². The van der Waals surface area contributed by atoms with E-state index in [1.807, 2.05) is 0 Å². The van der Waals surface area contributed by atoms with Crippen LogP contribution in [0.1, 0.15) is 0 Å². The number of carbonyl (C=O) groups is 2. The molecule has 112 valence electrons. The Morgan fingerprint density at radius 2 is 1.71 bits per heavy atom. The van der Waals surface area contributed by atoms with Crippen LogP contribution >= 0.6 is 0 Å². The number of rotatable bonds is 1. The van der Waals surface area contributed by atoms with Crippen molar-refractivity contribution in [3.8, 4) is 0 Å². The van der Waals surface area contributed by atoms with Crippen LogP contribution in [0.15, 0.2) is 24.3 Å². The van der Waals surface area contributed by atoms with Gasteiger partial charge in [0.05, 0.1) is 0 Å². The summed E-state index contributed by atoms with van der Waals surface area (Å²) >= 11 is 0. The van der Waals surface area contributed by atoms with Crippen molar-refractivity contribution in [3.63, 3.8) is 0 Å². The van der Waals surface area contributed by atoms with E-state index in [4.69, 9.17) is 0 Å². The van der Waals surface area contributed by atoms with Crippen molar-refractivity contribution < 1.29 is 14.0 Å². The third-order valence-corrected chi connectivity index (χ3v) is 3.83. The highest BCUT2D eigenvalue weighted by Crippen LogP contribution is 2.17. The van der Waals surface area contributed by atoms with Gasteiger partial charge >= 0.3 is 12.1 Å². The molecule has 0 radical (unpaired) electrons. The Morgan fingerprint density at radius 3 is 2.29 bits per heavy atom. The minimum Gasteiger partial charge on any atom is -0.368 e. The quantitative estimate of drug-likeness (QED) is 0.843. The average molecular weight is 292 g/mol. The maximum absolute atomic E-state index is 12.9. The summed E-state index contributed by atoms with van der Waals surface area (Å²) in [5.74, 6) is -0.257. The molecule has 2 saturated heterocycles. The zero-order valence-corrected chi connectivity index (χ0v) is 11.6. The molecule has 0 aliphatic carbocycles. The van der Waals surface area contributed by atoms with Crippen LogP contribution in [0.2, 0.25) is 0 Å². The summed E-state index contributed by atoms with van der Waals surface area (Å²) in [7, 11) is 0.